The van der Waals surface area contributed by atoms with E-state index in [1.165, 1.54) is 19.1 Å². The molecule has 2 nitrogen and oxygen atoms in total. The van der Waals surface area contributed by atoms with Gasteiger partial charge in [0.25, 0.3) is 0 Å². The van der Waals surface area contributed by atoms with E-state index in [1.807, 2.05) is 0 Å². The van der Waals surface area contributed by atoms with Gasteiger partial charge in [-0.1, -0.05) is 12.1 Å². The molecule has 0 unspecified atom stereocenters. The van der Waals surface area contributed by atoms with Crippen LogP contribution in [0.15, 0.2) is 18.2 Å². The van der Waals surface area contributed by atoms with Crippen LogP contribution in [0.1, 0.15) is 11.1 Å². The maximum atomic E-state index is 12.6. The van der Waals surface area contributed by atoms with Crippen molar-refractivity contribution in [3.05, 3.63) is 29.3 Å². The summed E-state index contributed by atoms with van der Waals surface area (Å²) >= 11 is 0. The van der Waals surface area contributed by atoms with Crippen LogP contribution in [0.3, 0.4) is 0 Å². The number of rotatable bonds is 4. The number of aliphatic hydroxyl groups excluding tert-OH is 1. The summed E-state index contributed by atoms with van der Waals surface area (Å²) in [5.74, 6) is -0.364. The van der Waals surface area contributed by atoms with Gasteiger partial charge in [-0.3, -0.25) is 0 Å². The average molecular weight is 238 g/mol. The summed E-state index contributed by atoms with van der Waals surface area (Å²) in [4.78, 5) is 0. The first-order valence-electron chi connectivity index (χ1n) is 4.42. The molecule has 0 fully saturated rings. The molecular weight excluding hydrogens is 228 g/mol. The zero-order chi connectivity index (χ0) is 12.3. The summed E-state index contributed by atoms with van der Waals surface area (Å²) in [5, 5.41) is 8.77. The van der Waals surface area contributed by atoms with Gasteiger partial charge in [0, 0.05) is 0 Å². The Morgan fingerprint density at radius 3 is 2.50 bits per heavy atom. The topological polar surface area (TPSA) is 29.5 Å². The SMILES string of the molecule is Cc1ccc(CO)cc1OC(F)(F)C(F)F. The molecule has 0 spiro atoms. The Morgan fingerprint density at radius 2 is 2.00 bits per heavy atom. The fraction of sp³-hybridized carbons (Fsp3) is 0.400. The van der Waals surface area contributed by atoms with E-state index in [1.54, 1.807) is 0 Å². The molecule has 0 aliphatic carbocycles. The van der Waals surface area contributed by atoms with E-state index in [0.717, 1.165) is 6.07 Å². The summed E-state index contributed by atoms with van der Waals surface area (Å²) in [7, 11) is 0. The van der Waals surface area contributed by atoms with Crippen LogP contribution < -0.4 is 4.74 Å². The summed E-state index contributed by atoms with van der Waals surface area (Å²) in [6.07, 6.45) is -8.43. The molecule has 0 aromatic heterocycles. The van der Waals surface area contributed by atoms with Crippen LogP contribution in [0, 0.1) is 6.92 Å². The molecule has 1 N–H and O–H groups in total. The van der Waals surface area contributed by atoms with Crippen LogP contribution in [-0.4, -0.2) is 17.6 Å². The van der Waals surface area contributed by atoms with Gasteiger partial charge in [-0.25, -0.2) is 0 Å². The molecule has 1 aromatic carbocycles. The molecule has 16 heavy (non-hydrogen) atoms. The van der Waals surface area contributed by atoms with Crippen LogP contribution in [0.5, 0.6) is 5.75 Å². The summed E-state index contributed by atoms with van der Waals surface area (Å²) in [5.41, 5.74) is 0.600. The molecule has 0 amide bonds. The smallest absolute Gasteiger partial charge is 0.428 e. The van der Waals surface area contributed by atoms with E-state index in [9.17, 15) is 17.6 Å². The molecule has 0 atom stereocenters. The summed E-state index contributed by atoms with van der Waals surface area (Å²) < 4.78 is 52.9. The molecule has 0 heterocycles. The molecule has 1 rings (SSSR count). The second-order valence-electron chi connectivity index (χ2n) is 3.22. The maximum absolute atomic E-state index is 12.6. The van der Waals surface area contributed by atoms with Gasteiger partial charge in [-0.2, -0.15) is 17.6 Å². The van der Waals surface area contributed by atoms with Gasteiger partial charge in [0.05, 0.1) is 6.61 Å². The molecular formula is C10H10F4O2. The molecule has 0 saturated carbocycles. The Labute approximate surface area is 89.5 Å². The van der Waals surface area contributed by atoms with E-state index < -0.39 is 12.5 Å². The van der Waals surface area contributed by atoms with Gasteiger partial charge in [0.15, 0.2) is 0 Å². The number of halogens is 4. The summed E-state index contributed by atoms with van der Waals surface area (Å²) in [6, 6.07) is 4.00. The minimum atomic E-state index is -4.53. The third kappa shape index (κ3) is 2.85. The minimum absolute atomic E-state index is 0.289. The van der Waals surface area contributed by atoms with Crippen LogP contribution >= 0.6 is 0 Å². The highest BCUT2D eigenvalue weighted by molar-refractivity contribution is 5.36. The van der Waals surface area contributed by atoms with E-state index in [2.05, 4.69) is 4.74 Å². The predicted octanol–water partition coefficient (Wildman–Crippen LogP) is 2.72. The average Bonchev–Trinajstić information content (AvgIpc) is 2.21. The predicted molar refractivity (Wildman–Crippen MR) is 48.7 cm³/mol. The largest absolute Gasteiger partial charge is 0.461 e. The van der Waals surface area contributed by atoms with Crippen LogP contribution in [-0.2, 0) is 6.61 Å². The number of ether oxygens (including phenoxy) is 1. The first-order chi connectivity index (χ1) is 7.36. The molecule has 0 radical (unpaired) electrons. The van der Waals surface area contributed by atoms with Crippen molar-refractivity contribution in [1.82, 2.24) is 0 Å². The quantitative estimate of drug-likeness (QED) is 0.817. The van der Waals surface area contributed by atoms with Crippen LogP contribution in [0.4, 0.5) is 17.6 Å². The highest BCUT2D eigenvalue weighted by Gasteiger charge is 2.44. The number of alkyl halides is 4. The Morgan fingerprint density at radius 1 is 1.38 bits per heavy atom. The standard InChI is InChI=1S/C10H10F4O2/c1-6-2-3-7(5-15)4-8(6)16-10(13,14)9(11)12/h2-4,9,15H,5H2,1H3. The van der Waals surface area contributed by atoms with Gasteiger partial charge in [0.1, 0.15) is 5.75 Å². The Balaban J connectivity index is 2.96. The van der Waals surface area contributed by atoms with Crippen molar-refractivity contribution in [2.24, 2.45) is 0 Å². The molecule has 0 bridgehead atoms. The van der Waals surface area contributed by atoms with E-state index in [-0.39, 0.29) is 17.9 Å². The summed E-state index contributed by atoms with van der Waals surface area (Å²) in [6.45, 7) is 1.06. The van der Waals surface area contributed by atoms with Crippen molar-refractivity contribution in [2.45, 2.75) is 26.1 Å². The molecule has 6 heteroatoms. The van der Waals surface area contributed by atoms with E-state index >= 15 is 0 Å². The lowest BCUT2D eigenvalue weighted by molar-refractivity contribution is -0.253. The van der Waals surface area contributed by atoms with Crippen molar-refractivity contribution in [3.63, 3.8) is 0 Å². The highest BCUT2D eigenvalue weighted by atomic mass is 19.3. The molecule has 90 valence electrons. The monoisotopic (exact) mass is 238 g/mol. The fourth-order valence-corrected chi connectivity index (χ4v) is 1.04. The van der Waals surface area contributed by atoms with Crippen LogP contribution in [0.2, 0.25) is 0 Å². The zero-order valence-corrected chi connectivity index (χ0v) is 8.38. The molecule has 1 aromatic rings. The van der Waals surface area contributed by atoms with Gasteiger partial charge in [-0.15, -0.1) is 0 Å². The lowest BCUT2D eigenvalue weighted by Crippen LogP contribution is -2.33. The van der Waals surface area contributed by atoms with E-state index in [4.69, 9.17) is 5.11 Å². The lowest BCUT2D eigenvalue weighted by Gasteiger charge is -2.18. The lowest BCUT2D eigenvalue weighted by atomic mass is 10.1. The Hall–Kier alpha value is -1.30. The first kappa shape index (κ1) is 12.8. The first-order valence-corrected chi connectivity index (χ1v) is 4.42. The van der Waals surface area contributed by atoms with Gasteiger partial charge < -0.3 is 9.84 Å². The van der Waals surface area contributed by atoms with Crippen molar-refractivity contribution < 1.29 is 27.4 Å². The fourth-order valence-electron chi connectivity index (χ4n) is 1.04. The number of aliphatic hydroxyl groups is 1. The second kappa shape index (κ2) is 4.69. The van der Waals surface area contributed by atoms with Gasteiger partial charge in [0.2, 0.25) is 0 Å². The molecule has 0 saturated heterocycles. The Bertz CT molecular complexity index is 366. The van der Waals surface area contributed by atoms with E-state index in [0.29, 0.717) is 5.56 Å². The number of benzene rings is 1. The number of hydrogen-bond donors (Lipinski definition) is 1. The zero-order valence-electron chi connectivity index (χ0n) is 8.38. The van der Waals surface area contributed by atoms with Crippen molar-refractivity contribution in [1.29, 1.82) is 0 Å². The third-order valence-corrected chi connectivity index (χ3v) is 1.94. The number of hydrogen-bond acceptors (Lipinski definition) is 2. The minimum Gasteiger partial charge on any atom is -0.428 e. The van der Waals surface area contributed by atoms with Crippen molar-refractivity contribution in [3.8, 4) is 5.75 Å². The van der Waals surface area contributed by atoms with Crippen LogP contribution in [0.25, 0.3) is 0 Å². The van der Waals surface area contributed by atoms with Crippen molar-refractivity contribution in [2.75, 3.05) is 0 Å². The molecule has 0 aliphatic heterocycles. The maximum Gasteiger partial charge on any atom is 0.461 e. The number of aryl methyl sites for hydroxylation is 1. The van der Waals surface area contributed by atoms with Gasteiger partial charge >= 0.3 is 12.5 Å². The third-order valence-electron chi connectivity index (χ3n) is 1.94. The van der Waals surface area contributed by atoms with Crippen molar-refractivity contribution >= 4 is 0 Å². The molecule has 0 aliphatic rings. The van der Waals surface area contributed by atoms with Gasteiger partial charge in [-0.05, 0) is 24.1 Å². The Kier molecular flexibility index (Phi) is 3.74. The highest BCUT2D eigenvalue weighted by Crippen LogP contribution is 2.30. The normalized spacial score (nSPS) is 11.9. The second-order valence-corrected chi connectivity index (χ2v) is 3.22.